The molecule has 3 nitrogen and oxygen atoms in total. The average molecular weight is 537 g/mol. The Bertz CT molecular complexity index is 485. The van der Waals surface area contributed by atoms with E-state index in [0.717, 1.165) is 57.8 Å². The molecule has 3 heteroatoms. The number of rotatable bonds is 31. The smallest absolute Gasteiger partial charge is 0.306 e. The van der Waals surface area contributed by atoms with E-state index in [0.29, 0.717) is 12.2 Å². The molecule has 0 aliphatic rings. The summed E-state index contributed by atoms with van der Waals surface area (Å²) in [5.41, 5.74) is 0. The van der Waals surface area contributed by atoms with Crippen LogP contribution >= 0.6 is 0 Å². The van der Waals surface area contributed by atoms with Crippen LogP contribution in [0.15, 0.2) is 0 Å². The summed E-state index contributed by atoms with van der Waals surface area (Å²) in [7, 11) is 0. The van der Waals surface area contributed by atoms with Crippen LogP contribution in [0.2, 0.25) is 0 Å². The molecule has 0 saturated heterocycles. The average Bonchev–Trinajstić information content (AvgIpc) is 2.91. The van der Waals surface area contributed by atoms with Crippen LogP contribution in [-0.4, -0.2) is 17.9 Å². The van der Waals surface area contributed by atoms with Gasteiger partial charge in [0.15, 0.2) is 0 Å². The van der Waals surface area contributed by atoms with Crippen molar-refractivity contribution in [2.45, 2.75) is 213 Å². The first kappa shape index (κ1) is 37.1. The molecule has 0 aromatic rings. The van der Waals surface area contributed by atoms with Crippen LogP contribution in [-0.2, 0) is 14.3 Å². The van der Waals surface area contributed by atoms with Gasteiger partial charge in [-0.1, -0.05) is 143 Å². The number of unbranched alkanes of at least 4 members (excludes halogenated alkanes) is 20. The Balaban J connectivity index is 3.89. The largest absolute Gasteiger partial charge is 0.462 e. The van der Waals surface area contributed by atoms with E-state index < -0.39 is 0 Å². The summed E-state index contributed by atoms with van der Waals surface area (Å²) in [5, 5.41) is 0. The van der Waals surface area contributed by atoms with Crippen molar-refractivity contribution in [2.75, 3.05) is 0 Å². The normalized spacial score (nSPS) is 11.4. The van der Waals surface area contributed by atoms with E-state index in [1.54, 1.807) is 0 Å². The third-order valence-electron chi connectivity index (χ3n) is 7.95. The third-order valence-corrected chi connectivity index (χ3v) is 7.95. The first-order chi connectivity index (χ1) is 18.6. The van der Waals surface area contributed by atoms with Crippen LogP contribution in [0, 0.1) is 0 Å². The summed E-state index contributed by atoms with van der Waals surface area (Å²) in [5.74, 6) is 0.431. The number of ketones is 1. The van der Waals surface area contributed by atoms with Gasteiger partial charge in [-0.15, -0.1) is 0 Å². The first-order valence-electron chi connectivity index (χ1n) is 17.3. The summed E-state index contributed by atoms with van der Waals surface area (Å²) < 4.78 is 5.95. The van der Waals surface area contributed by atoms with E-state index in [1.165, 1.54) is 122 Å². The Hall–Kier alpha value is -0.860. The molecule has 0 amide bonds. The summed E-state index contributed by atoms with van der Waals surface area (Å²) in [6, 6.07) is 0. The van der Waals surface area contributed by atoms with Crippen LogP contribution in [0.25, 0.3) is 0 Å². The Morgan fingerprint density at radius 1 is 0.421 bits per heavy atom. The van der Waals surface area contributed by atoms with Gasteiger partial charge in [-0.2, -0.15) is 0 Å². The van der Waals surface area contributed by atoms with E-state index in [-0.39, 0.29) is 12.1 Å². The van der Waals surface area contributed by atoms with Crippen LogP contribution in [0.5, 0.6) is 0 Å². The molecule has 0 aliphatic heterocycles. The quantitative estimate of drug-likeness (QED) is 0.0653. The molecular weight excluding hydrogens is 468 g/mol. The number of hydrogen-bond acceptors (Lipinski definition) is 3. The lowest BCUT2D eigenvalue weighted by molar-refractivity contribution is -0.150. The fourth-order valence-corrected chi connectivity index (χ4v) is 5.34. The molecule has 0 N–H and O–H groups in total. The van der Waals surface area contributed by atoms with Gasteiger partial charge in [0.05, 0.1) is 0 Å². The maximum absolute atomic E-state index is 12.5. The highest BCUT2D eigenvalue weighted by Crippen LogP contribution is 2.18. The fraction of sp³-hybridized carbons (Fsp3) is 0.943. The van der Waals surface area contributed by atoms with Gasteiger partial charge in [-0.3, -0.25) is 9.59 Å². The van der Waals surface area contributed by atoms with Crippen LogP contribution < -0.4 is 0 Å². The fourth-order valence-electron chi connectivity index (χ4n) is 5.34. The highest BCUT2D eigenvalue weighted by Gasteiger charge is 2.14. The minimum absolute atomic E-state index is 0.00210. The van der Waals surface area contributed by atoms with E-state index in [9.17, 15) is 9.59 Å². The summed E-state index contributed by atoms with van der Waals surface area (Å²) >= 11 is 0. The van der Waals surface area contributed by atoms with Crippen molar-refractivity contribution in [2.24, 2.45) is 0 Å². The van der Waals surface area contributed by atoms with Gasteiger partial charge in [0, 0.05) is 19.3 Å². The molecule has 0 radical (unpaired) electrons. The molecule has 0 fully saturated rings. The molecule has 0 spiro atoms. The van der Waals surface area contributed by atoms with E-state index in [1.807, 2.05) is 0 Å². The first-order valence-corrected chi connectivity index (χ1v) is 17.3. The molecule has 0 saturated carbocycles. The zero-order chi connectivity index (χ0) is 27.9. The molecule has 0 aromatic carbocycles. The second kappa shape index (κ2) is 30.7. The number of Topliss-reactive ketones (excluding diaryl/α,β-unsaturated/α-hetero) is 1. The van der Waals surface area contributed by atoms with Crippen LogP contribution in [0.4, 0.5) is 0 Å². The molecule has 226 valence electrons. The van der Waals surface area contributed by atoms with Gasteiger partial charge in [-0.25, -0.2) is 0 Å². The topological polar surface area (TPSA) is 43.4 Å². The van der Waals surface area contributed by atoms with E-state index in [4.69, 9.17) is 4.74 Å². The summed E-state index contributed by atoms with van der Waals surface area (Å²) in [6.45, 7) is 6.77. The van der Waals surface area contributed by atoms with Crippen molar-refractivity contribution >= 4 is 11.8 Å². The van der Waals surface area contributed by atoms with Crippen molar-refractivity contribution in [3.05, 3.63) is 0 Å². The molecule has 0 aromatic heterocycles. The second-order valence-electron chi connectivity index (χ2n) is 11.9. The predicted molar refractivity (Wildman–Crippen MR) is 166 cm³/mol. The van der Waals surface area contributed by atoms with Gasteiger partial charge in [0.25, 0.3) is 0 Å². The van der Waals surface area contributed by atoms with Gasteiger partial charge < -0.3 is 4.74 Å². The van der Waals surface area contributed by atoms with Gasteiger partial charge in [0.1, 0.15) is 11.9 Å². The lowest BCUT2D eigenvalue weighted by Gasteiger charge is -2.18. The molecule has 0 rings (SSSR count). The number of esters is 1. The van der Waals surface area contributed by atoms with Crippen LogP contribution in [0.1, 0.15) is 207 Å². The predicted octanol–water partition coefficient (Wildman–Crippen LogP) is 11.8. The van der Waals surface area contributed by atoms with Crippen molar-refractivity contribution in [1.29, 1.82) is 0 Å². The molecule has 38 heavy (non-hydrogen) atoms. The highest BCUT2D eigenvalue weighted by molar-refractivity contribution is 5.78. The molecule has 0 aliphatic carbocycles. The van der Waals surface area contributed by atoms with Crippen LogP contribution in [0.3, 0.4) is 0 Å². The molecule has 0 atom stereocenters. The van der Waals surface area contributed by atoms with Gasteiger partial charge >= 0.3 is 5.97 Å². The molecular formula is C35H68O3. The Morgan fingerprint density at radius 2 is 0.737 bits per heavy atom. The second-order valence-corrected chi connectivity index (χ2v) is 11.9. The molecule has 0 bridgehead atoms. The lowest BCUT2D eigenvalue weighted by atomic mass is 10.0. The maximum Gasteiger partial charge on any atom is 0.306 e. The van der Waals surface area contributed by atoms with E-state index in [2.05, 4.69) is 20.8 Å². The number of hydrogen-bond donors (Lipinski definition) is 0. The highest BCUT2D eigenvalue weighted by atomic mass is 16.5. The molecule has 0 heterocycles. The monoisotopic (exact) mass is 537 g/mol. The summed E-state index contributed by atoms with van der Waals surface area (Å²) in [4.78, 5) is 24.6. The Kier molecular flexibility index (Phi) is 30.0. The summed E-state index contributed by atoms with van der Waals surface area (Å²) in [6.07, 6.45) is 33.9. The van der Waals surface area contributed by atoms with Crippen molar-refractivity contribution in [3.8, 4) is 0 Å². The number of carbonyl (C=O) groups excluding carboxylic acids is 2. The molecule has 0 unspecified atom stereocenters. The Morgan fingerprint density at radius 3 is 1.13 bits per heavy atom. The SMILES string of the molecule is CCCCCCCCCCC(=O)CCCCCCC(=O)OC(CCCCCCCC)CCCCCCCC. The van der Waals surface area contributed by atoms with Crippen molar-refractivity contribution in [1.82, 2.24) is 0 Å². The van der Waals surface area contributed by atoms with Gasteiger partial charge in [-0.05, 0) is 44.9 Å². The number of ether oxygens (including phenoxy) is 1. The zero-order valence-electron chi connectivity index (χ0n) is 26.3. The lowest BCUT2D eigenvalue weighted by Crippen LogP contribution is -2.18. The zero-order valence-corrected chi connectivity index (χ0v) is 26.3. The third kappa shape index (κ3) is 28.2. The maximum atomic E-state index is 12.5. The minimum atomic E-state index is -0.00210. The minimum Gasteiger partial charge on any atom is -0.462 e. The Labute approximate surface area is 239 Å². The van der Waals surface area contributed by atoms with Crippen molar-refractivity contribution < 1.29 is 14.3 Å². The van der Waals surface area contributed by atoms with Crippen molar-refractivity contribution in [3.63, 3.8) is 0 Å². The standard InChI is InChI=1S/C35H68O3/c1-4-7-10-13-16-17-18-23-28-33(36)29-24-21-22-27-32-35(37)38-34(30-25-19-14-11-8-5-2)31-26-20-15-12-9-6-3/h34H,4-32H2,1-3H3. The van der Waals surface area contributed by atoms with E-state index >= 15 is 0 Å². The van der Waals surface area contributed by atoms with Gasteiger partial charge in [0.2, 0.25) is 0 Å². The number of carbonyl (C=O) groups is 2.